The third-order valence-electron chi connectivity index (χ3n) is 1.69. The quantitative estimate of drug-likeness (QED) is 0.617. The van der Waals surface area contributed by atoms with Crippen LogP contribution in [0.5, 0.6) is 0 Å². The van der Waals surface area contributed by atoms with Gasteiger partial charge >= 0.3 is 3.93 Å². The Balaban J connectivity index is 2.98. The number of rotatable bonds is 3. The molecule has 0 spiro atoms. The monoisotopic (exact) mass is 297 g/mol. The number of aromatic nitrogens is 1. The van der Waals surface area contributed by atoms with E-state index in [1.165, 1.54) is 12.3 Å². The van der Waals surface area contributed by atoms with Crippen LogP contribution in [0.4, 0.5) is 8.78 Å². The van der Waals surface area contributed by atoms with E-state index in [0.717, 1.165) is 12.0 Å². The van der Waals surface area contributed by atoms with Gasteiger partial charge in [0.15, 0.2) is 0 Å². The predicted molar refractivity (Wildman–Crippen MR) is 58.7 cm³/mol. The Bertz CT molecular complexity index is 295. The van der Waals surface area contributed by atoms with E-state index in [1.54, 1.807) is 6.07 Å². The van der Waals surface area contributed by atoms with Crippen molar-refractivity contribution in [3.8, 4) is 0 Å². The molecule has 0 radical (unpaired) electrons. The van der Waals surface area contributed by atoms with E-state index in [-0.39, 0.29) is 5.69 Å². The molecular weight excluding hydrogens is 287 g/mol. The van der Waals surface area contributed by atoms with Crippen LogP contribution in [-0.2, 0) is 10.4 Å². The first kappa shape index (κ1) is 10.7. The summed E-state index contributed by atoms with van der Waals surface area (Å²) in [5.41, 5.74) is 0.828. The summed E-state index contributed by atoms with van der Waals surface area (Å²) >= 11 is -1.38. The highest BCUT2D eigenvalue weighted by molar-refractivity contribution is 14.2. The largest absolute Gasteiger partial charge is 0.332 e. The van der Waals surface area contributed by atoms with Crippen molar-refractivity contribution in [3.05, 3.63) is 29.6 Å². The second-order valence-electron chi connectivity index (χ2n) is 2.54. The molecule has 0 fully saturated rings. The van der Waals surface area contributed by atoms with Crippen molar-refractivity contribution in [2.75, 3.05) is 0 Å². The number of hydrogen-bond donors (Lipinski definition) is 0. The molecule has 0 bridgehead atoms. The third kappa shape index (κ3) is 2.52. The first-order chi connectivity index (χ1) is 6.10. The van der Waals surface area contributed by atoms with Crippen LogP contribution in [0.2, 0.25) is 0 Å². The molecule has 0 amide bonds. The summed E-state index contributed by atoms with van der Waals surface area (Å²) in [4.78, 5) is 3.73. The van der Waals surface area contributed by atoms with Crippen molar-refractivity contribution in [2.45, 2.75) is 17.3 Å². The molecule has 0 aliphatic rings. The maximum Gasteiger partial charge on any atom is 0.332 e. The molecule has 0 saturated carbocycles. The lowest BCUT2D eigenvalue weighted by molar-refractivity contribution is 0.122. The lowest BCUT2D eigenvalue weighted by Gasteiger charge is -2.09. The van der Waals surface area contributed by atoms with Crippen LogP contribution in [0, 0.1) is 0 Å². The standard InChI is InChI=1S/C9H10F2IN/c1-3-7-4-5-8(13-6-7)9(10,11)12-2/h4-6H,2-3H2,1H3. The molecule has 1 nitrogen and oxygen atoms in total. The second kappa shape index (κ2) is 4.21. The number of aryl methyl sites for hydroxylation is 1. The van der Waals surface area contributed by atoms with E-state index >= 15 is 0 Å². The highest BCUT2D eigenvalue weighted by atomic mass is 127. The van der Waals surface area contributed by atoms with Gasteiger partial charge in [0.2, 0.25) is 0 Å². The number of pyridine rings is 1. The molecule has 0 aliphatic carbocycles. The Morgan fingerprint density at radius 3 is 2.62 bits per heavy atom. The van der Waals surface area contributed by atoms with E-state index in [1.807, 2.05) is 6.92 Å². The summed E-state index contributed by atoms with van der Waals surface area (Å²) in [6.07, 6.45) is 2.32. The molecule has 0 aromatic carbocycles. The topological polar surface area (TPSA) is 12.9 Å². The van der Waals surface area contributed by atoms with Gasteiger partial charge in [0.1, 0.15) is 5.69 Å². The van der Waals surface area contributed by atoms with Gasteiger partial charge < -0.3 is 0 Å². The van der Waals surface area contributed by atoms with Crippen molar-refractivity contribution in [3.63, 3.8) is 0 Å². The van der Waals surface area contributed by atoms with E-state index in [9.17, 15) is 8.78 Å². The third-order valence-corrected chi connectivity index (χ3v) is 3.20. The maximum absolute atomic E-state index is 13.0. The summed E-state index contributed by atoms with van der Waals surface area (Å²) in [6.45, 7) is 1.96. The highest BCUT2D eigenvalue weighted by Crippen LogP contribution is 2.37. The lowest BCUT2D eigenvalue weighted by atomic mass is 10.2. The van der Waals surface area contributed by atoms with Crippen LogP contribution in [0.3, 0.4) is 0 Å². The van der Waals surface area contributed by atoms with Crippen LogP contribution in [0.25, 0.3) is 0 Å². The molecule has 4 heteroatoms. The fourth-order valence-corrected chi connectivity index (χ4v) is 1.58. The summed E-state index contributed by atoms with van der Waals surface area (Å²) < 4.78 is 26.6. The minimum Gasteiger partial charge on any atom is -0.254 e. The molecular formula is C9H10F2IN. The lowest BCUT2D eigenvalue weighted by Crippen LogP contribution is -2.06. The van der Waals surface area contributed by atoms with Crippen molar-refractivity contribution in [2.24, 2.45) is 0 Å². The van der Waals surface area contributed by atoms with Crippen molar-refractivity contribution < 1.29 is 8.78 Å². The number of halogens is 3. The minimum atomic E-state index is -2.79. The molecule has 1 aromatic rings. The smallest absolute Gasteiger partial charge is 0.254 e. The van der Waals surface area contributed by atoms with Crippen molar-refractivity contribution in [1.29, 1.82) is 0 Å². The number of nitrogens with zero attached hydrogens (tertiary/aromatic N) is 1. The molecule has 0 N–H and O–H groups in total. The van der Waals surface area contributed by atoms with E-state index in [4.69, 9.17) is 0 Å². The van der Waals surface area contributed by atoms with Gasteiger partial charge in [-0.05, 0) is 38.8 Å². The minimum absolute atomic E-state index is 0.146. The number of hydrogen-bond acceptors (Lipinski definition) is 1. The van der Waals surface area contributed by atoms with Gasteiger partial charge in [0, 0.05) is 6.20 Å². The summed E-state index contributed by atoms with van der Waals surface area (Å²) in [6, 6.07) is 3.08. The fraction of sp³-hybridized carbons (Fsp3) is 0.333. The SMILES string of the molecule is C=IC(F)(F)c1ccc(CC)cn1. The van der Waals surface area contributed by atoms with Crippen LogP contribution in [0.15, 0.2) is 18.3 Å². The zero-order valence-corrected chi connectivity index (χ0v) is 9.38. The van der Waals surface area contributed by atoms with E-state index in [0.29, 0.717) is 0 Å². The first-order valence-corrected chi connectivity index (χ1v) is 6.43. The average Bonchev–Trinajstić information content (AvgIpc) is 2.18. The molecule has 0 aliphatic heterocycles. The first-order valence-electron chi connectivity index (χ1n) is 3.83. The average molecular weight is 297 g/mol. The predicted octanol–water partition coefficient (Wildman–Crippen LogP) is 3.10. The normalized spacial score (nSPS) is 11.6. The van der Waals surface area contributed by atoms with Gasteiger partial charge in [-0.3, -0.25) is 4.98 Å². The molecule has 0 saturated heterocycles. The Labute approximate surface area is 85.9 Å². The van der Waals surface area contributed by atoms with Gasteiger partial charge in [-0.2, -0.15) is 8.78 Å². The molecule has 0 atom stereocenters. The van der Waals surface area contributed by atoms with Crippen LogP contribution in [-0.4, -0.2) is 9.50 Å². The Hall–Kier alpha value is -0.390. The molecule has 1 heterocycles. The molecule has 72 valence electrons. The van der Waals surface area contributed by atoms with Gasteiger partial charge in [0.25, 0.3) is 0 Å². The zero-order valence-electron chi connectivity index (χ0n) is 7.23. The van der Waals surface area contributed by atoms with Crippen LogP contribution >= 0.6 is 20.7 Å². The summed E-state index contributed by atoms with van der Waals surface area (Å²) in [5.74, 6) is 0. The second-order valence-corrected chi connectivity index (χ2v) is 4.65. The molecule has 1 aromatic heterocycles. The molecule has 13 heavy (non-hydrogen) atoms. The highest BCUT2D eigenvalue weighted by Gasteiger charge is 2.29. The summed E-state index contributed by atoms with van der Waals surface area (Å²) in [5, 5.41) is 0. The van der Waals surface area contributed by atoms with Gasteiger partial charge in [0.05, 0.1) is 0 Å². The fourth-order valence-electron chi connectivity index (χ4n) is 0.870. The Morgan fingerprint density at radius 1 is 1.54 bits per heavy atom. The van der Waals surface area contributed by atoms with Crippen molar-refractivity contribution in [1.82, 2.24) is 4.98 Å². The zero-order chi connectivity index (χ0) is 9.90. The Morgan fingerprint density at radius 2 is 2.23 bits per heavy atom. The van der Waals surface area contributed by atoms with Crippen LogP contribution in [0.1, 0.15) is 18.2 Å². The molecule has 0 unspecified atom stereocenters. The maximum atomic E-state index is 13.0. The van der Waals surface area contributed by atoms with Gasteiger partial charge in [-0.15, -0.1) is 0 Å². The van der Waals surface area contributed by atoms with E-state index < -0.39 is 24.7 Å². The summed E-state index contributed by atoms with van der Waals surface area (Å²) in [7, 11) is 0. The van der Waals surface area contributed by atoms with E-state index in [2.05, 4.69) is 9.50 Å². The number of alkyl halides is 3. The van der Waals surface area contributed by atoms with Gasteiger partial charge in [-0.1, -0.05) is 17.5 Å². The van der Waals surface area contributed by atoms with Crippen LogP contribution < -0.4 is 0 Å². The van der Waals surface area contributed by atoms with Gasteiger partial charge in [-0.25, -0.2) is 0 Å². The van der Waals surface area contributed by atoms with Crippen molar-refractivity contribution >= 4 is 25.2 Å². The Kier molecular flexibility index (Phi) is 3.47. The molecule has 1 rings (SSSR count).